The van der Waals surface area contributed by atoms with Crippen molar-refractivity contribution < 1.29 is 14.2 Å². The minimum absolute atomic E-state index is 0.261. The largest absolute Gasteiger partial charge is 0.302 e. The van der Waals surface area contributed by atoms with Crippen molar-refractivity contribution in [3.05, 3.63) is 78.0 Å². The van der Waals surface area contributed by atoms with Crippen LogP contribution in [0.2, 0.25) is 5.02 Å². The fourth-order valence-corrected chi connectivity index (χ4v) is 2.78. The van der Waals surface area contributed by atoms with Gasteiger partial charge in [-0.1, -0.05) is 17.7 Å². The van der Waals surface area contributed by atoms with Gasteiger partial charge in [-0.25, -0.2) is 4.98 Å². The zero-order valence-electron chi connectivity index (χ0n) is 13.0. The molecule has 1 aromatic carbocycles. The van der Waals surface area contributed by atoms with E-state index in [1.54, 1.807) is 12.3 Å². The molecular weight excluding hydrogens is 338 g/mol. The highest BCUT2D eigenvalue weighted by atomic mass is 35.5. The Bertz CT molecular complexity index is 1040. The number of carbonyl (C=O) groups excluding carboxylic acids is 1. The van der Waals surface area contributed by atoms with E-state index < -0.39 is 0 Å². The molecule has 0 saturated heterocycles. The Kier molecular flexibility index (Phi) is 3.87. The van der Waals surface area contributed by atoms with Gasteiger partial charge in [-0.2, -0.15) is 4.40 Å². The third kappa shape index (κ3) is 2.95. The van der Waals surface area contributed by atoms with Gasteiger partial charge in [0.15, 0.2) is 5.52 Å². The summed E-state index contributed by atoms with van der Waals surface area (Å²) in [5.74, 6) is 1.01. The molecule has 122 valence electrons. The Hall–Kier alpha value is -3.25. The number of carbonyl (C=O) groups is 1. The number of aromatic amines is 2. The van der Waals surface area contributed by atoms with Crippen LogP contribution in [0.1, 0.15) is 10.5 Å². The predicted octanol–water partition coefficient (Wildman–Crippen LogP) is 2.54. The van der Waals surface area contributed by atoms with Crippen molar-refractivity contribution in [3.8, 4) is 11.4 Å². The summed E-state index contributed by atoms with van der Waals surface area (Å²) in [5, 5.41) is 3.45. The lowest BCUT2D eigenvalue weighted by Gasteiger charge is -1.95. The topological polar surface area (TPSA) is 76.0 Å². The summed E-state index contributed by atoms with van der Waals surface area (Å²) in [6.45, 7) is 0. The third-order valence-corrected chi connectivity index (χ3v) is 4.05. The summed E-state index contributed by atoms with van der Waals surface area (Å²) < 4.78 is 1.93. The van der Waals surface area contributed by atoms with Crippen LogP contribution < -0.4 is 14.7 Å². The highest BCUT2D eigenvalue weighted by molar-refractivity contribution is 6.30. The Labute approximate surface area is 148 Å². The van der Waals surface area contributed by atoms with Gasteiger partial charge >= 0.3 is 5.91 Å². The second kappa shape index (κ2) is 6.33. The van der Waals surface area contributed by atoms with Crippen LogP contribution in [-0.4, -0.2) is 15.9 Å². The second-order valence-corrected chi connectivity index (χ2v) is 5.85. The molecule has 0 unspecified atom stereocenters. The first-order valence-electron chi connectivity index (χ1n) is 7.64. The van der Waals surface area contributed by atoms with Crippen LogP contribution in [0.15, 0.2) is 67.3 Å². The minimum Gasteiger partial charge on any atom is -0.282 e. The Morgan fingerprint density at radius 3 is 2.76 bits per heavy atom. The maximum absolute atomic E-state index is 12.7. The van der Waals surface area contributed by atoms with Gasteiger partial charge in [-0.15, -0.1) is 0 Å². The van der Waals surface area contributed by atoms with E-state index in [1.807, 2.05) is 53.1 Å². The molecule has 3 heterocycles. The number of hydrogen-bond donors (Lipinski definition) is 2. The van der Waals surface area contributed by atoms with E-state index in [0.717, 1.165) is 16.9 Å². The number of fused-ring (bicyclic) bond motifs is 1. The molecule has 7 heteroatoms. The van der Waals surface area contributed by atoms with Gasteiger partial charge in [0.2, 0.25) is 5.69 Å². The fourth-order valence-electron chi connectivity index (χ4n) is 2.65. The van der Waals surface area contributed by atoms with E-state index in [-0.39, 0.29) is 5.91 Å². The first kappa shape index (κ1) is 15.3. The third-order valence-electron chi connectivity index (χ3n) is 3.80. The minimum atomic E-state index is -0.261. The van der Waals surface area contributed by atoms with Crippen LogP contribution in [0.3, 0.4) is 0 Å². The van der Waals surface area contributed by atoms with Crippen molar-refractivity contribution in [2.45, 2.75) is 0 Å². The molecule has 0 bridgehead atoms. The summed E-state index contributed by atoms with van der Waals surface area (Å²) in [7, 11) is 0. The van der Waals surface area contributed by atoms with Gasteiger partial charge in [-0.3, -0.25) is 15.1 Å². The van der Waals surface area contributed by atoms with Crippen molar-refractivity contribution in [2.75, 3.05) is 5.32 Å². The molecule has 0 aliphatic carbocycles. The number of anilines is 1. The number of pyridine rings is 1. The van der Waals surface area contributed by atoms with E-state index in [4.69, 9.17) is 11.6 Å². The standard InChI is InChI=1S/C18H12ClN5O/c19-13-6-4-12(5-7-13)17-23-16(14-3-1-2-10-24(14)17)18(25)22-15-8-9-20-11-21-15/h1-11H,(H,20,21,22,25)/p+2. The molecule has 3 aromatic heterocycles. The molecule has 0 fully saturated rings. The van der Waals surface area contributed by atoms with E-state index in [9.17, 15) is 4.79 Å². The first-order valence-corrected chi connectivity index (χ1v) is 8.02. The molecule has 0 saturated carbocycles. The number of nitrogens with zero attached hydrogens (tertiary/aromatic N) is 2. The van der Waals surface area contributed by atoms with Crippen LogP contribution >= 0.6 is 11.6 Å². The normalized spacial score (nSPS) is 10.8. The van der Waals surface area contributed by atoms with Crippen molar-refractivity contribution in [2.24, 2.45) is 0 Å². The van der Waals surface area contributed by atoms with E-state index in [0.29, 0.717) is 16.5 Å². The number of hydrogen-bond acceptors (Lipinski definition) is 2. The number of nitrogens with one attached hydrogen (secondary N) is 3. The van der Waals surface area contributed by atoms with Crippen LogP contribution in [0.25, 0.3) is 16.9 Å². The number of rotatable bonds is 3. The molecule has 25 heavy (non-hydrogen) atoms. The van der Waals surface area contributed by atoms with E-state index >= 15 is 0 Å². The fraction of sp³-hybridized carbons (Fsp3) is 0. The number of benzene rings is 1. The van der Waals surface area contributed by atoms with Crippen LogP contribution in [0.5, 0.6) is 0 Å². The lowest BCUT2D eigenvalue weighted by molar-refractivity contribution is -0.498. The Morgan fingerprint density at radius 2 is 2.00 bits per heavy atom. The molecule has 0 aliphatic rings. The lowest BCUT2D eigenvalue weighted by Crippen LogP contribution is -2.22. The highest BCUT2D eigenvalue weighted by Crippen LogP contribution is 2.20. The molecule has 0 spiro atoms. The maximum atomic E-state index is 12.7. The number of H-pyrrole nitrogens is 2. The SMILES string of the molecule is O=C(Nc1cc[nH+]cn1)c1[nH]c(-c2ccc(Cl)cc2)[n+]2ccccc12. The van der Waals surface area contributed by atoms with Gasteiger partial charge in [-0.05, 0) is 41.4 Å². The van der Waals surface area contributed by atoms with Gasteiger partial charge in [0, 0.05) is 11.1 Å². The number of halogens is 1. The first-order chi connectivity index (χ1) is 12.2. The highest BCUT2D eigenvalue weighted by Gasteiger charge is 2.25. The van der Waals surface area contributed by atoms with Gasteiger partial charge < -0.3 is 0 Å². The number of imidazole rings is 1. The number of amides is 1. The molecule has 4 aromatic rings. The van der Waals surface area contributed by atoms with Crippen LogP contribution in [0, 0.1) is 0 Å². The van der Waals surface area contributed by atoms with E-state index in [2.05, 4.69) is 20.3 Å². The monoisotopic (exact) mass is 351 g/mol. The smallest absolute Gasteiger partial charge is 0.282 e. The Balaban J connectivity index is 1.79. The van der Waals surface area contributed by atoms with Gasteiger partial charge in [0.1, 0.15) is 0 Å². The summed E-state index contributed by atoms with van der Waals surface area (Å²) >= 11 is 5.97. The van der Waals surface area contributed by atoms with Crippen molar-refractivity contribution >= 4 is 28.8 Å². The molecular formula is C18H14ClN5O+2. The Morgan fingerprint density at radius 1 is 1.16 bits per heavy atom. The zero-order chi connectivity index (χ0) is 17.2. The van der Waals surface area contributed by atoms with Gasteiger partial charge in [0.25, 0.3) is 18.0 Å². The molecule has 6 nitrogen and oxygen atoms in total. The van der Waals surface area contributed by atoms with E-state index in [1.165, 1.54) is 6.33 Å². The molecule has 1 amide bonds. The molecule has 0 aliphatic heterocycles. The summed E-state index contributed by atoms with van der Waals surface area (Å²) in [6, 6.07) is 14.8. The molecule has 0 radical (unpaired) electrons. The molecule has 3 N–H and O–H groups in total. The van der Waals surface area contributed by atoms with Crippen molar-refractivity contribution in [1.29, 1.82) is 0 Å². The van der Waals surface area contributed by atoms with Crippen molar-refractivity contribution in [3.63, 3.8) is 0 Å². The van der Waals surface area contributed by atoms with Crippen LogP contribution in [-0.2, 0) is 0 Å². The van der Waals surface area contributed by atoms with Crippen molar-refractivity contribution in [1.82, 2.24) is 9.97 Å². The maximum Gasteiger partial charge on any atom is 0.302 e. The molecule has 0 atom stereocenters. The second-order valence-electron chi connectivity index (χ2n) is 5.41. The average Bonchev–Trinajstić information content (AvgIpc) is 3.03. The predicted molar refractivity (Wildman–Crippen MR) is 93.1 cm³/mol. The quantitative estimate of drug-likeness (QED) is 0.556. The van der Waals surface area contributed by atoms with Crippen LogP contribution in [0.4, 0.5) is 5.82 Å². The number of aromatic nitrogens is 4. The summed E-state index contributed by atoms with van der Waals surface area (Å²) in [6.07, 6.45) is 5.11. The zero-order valence-corrected chi connectivity index (χ0v) is 13.8. The van der Waals surface area contributed by atoms with Gasteiger partial charge in [0.05, 0.1) is 18.0 Å². The molecule has 4 rings (SSSR count). The summed E-state index contributed by atoms with van der Waals surface area (Å²) in [4.78, 5) is 22.8. The average molecular weight is 352 g/mol. The summed E-state index contributed by atoms with van der Waals surface area (Å²) in [5.41, 5.74) is 2.16. The lowest BCUT2D eigenvalue weighted by atomic mass is 10.2.